The summed E-state index contributed by atoms with van der Waals surface area (Å²) in [6.07, 6.45) is 21.0. The second kappa shape index (κ2) is 19.5. The van der Waals surface area contributed by atoms with Crippen molar-refractivity contribution in [2.24, 2.45) is 35.5 Å². The van der Waals surface area contributed by atoms with Crippen LogP contribution in [0.1, 0.15) is 141 Å². The molecule has 2 aliphatic carbocycles. The van der Waals surface area contributed by atoms with Gasteiger partial charge in [0, 0.05) is 42.5 Å². The molecule has 0 amide bonds. The maximum atomic E-state index is 3.80. The van der Waals surface area contributed by atoms with Gasteiger partial charge in [-0.15, -0.1) is 0 Å². The average molecular weight is 931 g/mol. The highest BCUT2D eigenvalue weighted by molar-refractivity contribution is 9.10. The zero-order valence-corrected chi connectivity index (χ0v) is 40.7. The molecule has 0 N–H and O–H groups in total. The van der Waals surface area contributed by atoms with Gasteiger partial charge in [0.2, 0.25) is 0 Å². The van der Waals surface area contributed by atoms with Crippen molar-refractivity contribution in [3.05, 3.63) is 116 Å². The predicted molar refractivity (Wildman–Crippen MR) is 266 cm³/mol. The molecule has 8 rings (SSSR count). The number of benzene rings is 4. The zero-order chi connectivity index (χ0) is 41.9. The first-order chi connectivity index (χ1) is 29.0. The number of hydrogen-bond acceptors (Lipinski definition) is 0. The summed E-state index contributed by atoms with van der Waals surface area (Å²) in [4.78, 5) is 0. The topological polar surface area (TPSA) is 9.86 Å². The van der Waals surface area contributed by atoms with Crippen LogP contribution in [0.2, 0.25) is 0 Å². The number of fused-ring (bicyclic) bond motifs is 6. The molecular formula is C56H70Br2N2. The van der Waals surface area contributed by atoms with Gasteiger partial charge >= 0.3 is 0 Å². The lowest BCUT2D eigenvalue weighted by molar-refractivity contribution is 0.352. The number of hydrogen-bond donors (Lipinski definition) is 0. The van der Waals surface area contributed by atoms with Crippen molar-refractivity contribution < 1.29 is 0 Å². The average Bonchev–Trinajstić information content (AvgIpc) is 3.73. The zero-order valence-electron chi connectivity index (χ0n) is 37.5. The van der Waals surface area contributed by atoms with Crippen LogP contribution in [0, 0.1) is 35.5 Å². The number of aromatic nitrogens is 2. The summed E-state index contributed by atoms with van der Waals surface area (Å²) in [6, 6.07) is 32.7. The Balaban J connectivity index is 1.01. The largest absolute Gasteiger partial charge is 0.313 e. The maximum Gasteiger partial charge on any atom is 0.0535 e. The summed E-state index contributed by atoms with van der Waals surface area (Å²) in [5.41, 5.74) is 14.0. The van der Waals surface area contributed by atoms with Crippen LogP contribution < -0.4 is 0 Å². The second-order valence-corrected chi connectivity index (χ2v) is 22.0. The highest BCUT2D eigenvalue weighted by Gasteiger charge is 2.28. The highest BCUT2D eigenvalue weighted by atomic mass is 79.9. The Labute approximate surface area is 379 Å². The van der Waals surface area contributed by atoms with Crippen molar-refractivity contribution in [1.82, 2.24) is 9.13 Å². The highest BCUT2D eigenvalue weighted by Crippen LogP contribution is 2.42. The molecule has 4 unspecified atom stereocenters. The van der Waals surface area contributed by atoms with Gasteiger partial charge in [-0.05, 0) is 170 Å². The van der Waals surface area contributed by atoms with E-state index in [1.54, 1.807) is 11.1 Å². The minimum atomic E-state index is 0.762. The lowest BCUT2D eigenvalue weighted by atomic mass is 9.82. The van der Waals surface area contributed by atoms with Crippen LogP contribution in [0.3, 0.4) is 0 Å². The smallest absolute Gasteiger partial charge is 0.0535 e. The van der Waals surface area contributed by atoms with E-state index in [4.69, 9.17) is 0 Å². The minimum Gasteiger partial charge on any atom is -0.313 e. The summed E-state index contributed by atoms with van der Waals surface area (Å²) in [6.45, 7) is 14.4. The van der Waals surface area contributed by atoms with E-state index in [-0.39, 0.29) is 0 Å². The SMILES string of the molecule is CC(C)CCCC(C)CCC1CCc2c(n(-c3ccc(-c4ccc(-n5c6c(c7cc(Br)ccc75)CCC(CCC(C)CCCC(C)C)C6)cc4)cc3)c3ccc(Br)cc23)C1. The van der Waals surface area contributed by atoms with Crippen LogP contribution in [0.25, 0.3) is 44.3 Å². The van der Waals surface area contributed by atoms with Crippen LogP contribution in [-0.4, -0.2) is 9.13 Å². The summed E-state index contributed by atoms with van der Waals surface area (Å²) in [7, 11) is 0. The normalized spacial score (nSPS) is 17.8. The third kappa shape index (κ3) is 9.91. The van der Waals surface area contributed by atoms with Crippen LogP contribution in [0.15, 0.2) is 93.9 Å². The Morgan fingerprint density at radius 2 is 0.900 bits per heavy atom. The number of halogens is 2. The van der Waals surface area contributed by atoms with Gasteiger partial charge in [-0.25, -0.2) is 0 Å². The van der Waals surface area contributed by atoms with Gasteiger partial charge in [-0.2, -0.15) is 0 Å². The number of aryl methyl sites for hydroxylation is 2. The fourth-order valence-corrected chi connectivity index (χ4v) is 11.7. The molecule has 2 heterocycles. The lowest BCUT2D eigenvalue weighted by Crippen LogP contribution is -2.17. The molecule has 2 aliphatic rings. The molecule has 0 aliphatic heterocycles. The van der Waals surface area contributed by atoms with Crippen LogP contribution in [-0.2, 0) is 25.7 Å². The number of rotatable bonds is 17. The molecule has 0 radical (unpaired) electrons. The van der Waals surface area contributed by atoms with Gasteiger partial charge < -0.3 is 9.13 Å². The molecule has 0 saturated carbocycles. The van der Waals surface area contributed by atoms with E-state index < -0.39 is 0 Å². The molecule has 4 aromatic carbocycles. The third-order valence-corrected chi connectivity index (χ3v) is 15.5. The molecule has 6 aromatic rings. The number of nitrogens with zero attached hydrogens (tertiary/aromatic N) is 2. The van der Waals surface area contributed by atoms with E-state index >= 15 is 0 Å². The van der Waals surface area contributed by atoms with Gasteiger partial charge in [-0.1, -0.05) is 149 Å². The first-order valence-electron chi connectivity index (χ1n) is 23.9. The van der Waals surface area contributed by atoms with E-state index in [1.165, 1.54) is 167 Å². The van der Waals surface area contributed by atoms with E-state index in [1.807, 2.05) is 0 Å². The summed E-state index contributed by atoms with van der Waals surface area (Å²) in [5, 5.41) is 2.84. The molecule has 4 atom stereocenters. The van der Waals surface area contributed by atoms with Gasteiger partial charge in [0.1, 0.15) is 0 Å². The van der Waals surface area contributed by atoms with Gasteiger partial charge in [0.05, 0.1) is 11.0 Å². The van der Waals surface area contributed by atoms with Crippen LogP contribution in [0.5, 0.6) is 0 Å². The molecule has 0 fully saturated rings. The molecule has 4 heteroatoms. The van der Waals surface area contributed by atoms with Crippen molar-refractivity contribution in [1.29, 1.82) is 0 Å². The molecule has 2 nitrogen and oxygen atoms in total. The van der Waals surface area contributed by atoms with Crippen molar-refractivity contribution >= 4 is 53.7 Å². The van der Waals surface area contributed by atoms with Crippen LogP contribution in [0.4, 0.5) is 0 Å². The molecule has 60 heavy (non-hydrogen) atoms. The van der Waals surface area contributed by atoms with E-state index in [9.17, 15) is 0 Å². The van der Waals surface area contributed by atoms with Crippen molar-refractivity contribution in [3.63, 3.8) is 0 Å². The van der Waals surface area contributed by atoms with Gasteiger partial charge in [0.15, 0.2) is 0 Å². The van der Waals surface area contributed by atoms with Gasteiger partial charge in [-0.3, -0.25) is 0 Å². The third-order valence-electron chi connectivity index (χ3n) is 14.5. The maximum absolute atomic E-state index is 3.80. The Morgan fingerprint density at radius 1 is 0.500 bits per heavy atom. The van der Waals surface area contributed by atoms with Gasteiger partial charge in [0.25, 0.3) is 0 Å². The summed E-state index contributed by atoms with van der Waals surface area (Å²) < 4.78 is 7.54. The standard InChI is InChI=1S/C56H70Br2N2/c1-37(2)9-7-11-39(5)13-15-41-17-29-49-51-35-45(57)23-31-53(51)59(55(49)33-41)47-25-19-43(20-26-47)44-21-27-48(28-22-44)60-54-32-24-46(58)36-52(54)50-30-18-42(34-56(50)60)16-14-40(6)12-8-10-38(3)4/h19-28,31-32,35-42H,7-18,29-30,33-34H2,1-6H3. The molecular weight excluding hydrogens is 860 g/mol. The Morgan fingerprint density at radius 3 is 1.28 bits per heavy atom. The first-order valence-corrected chi connectivity index (χ1v) is 25.5. The van der Waals surface area contributed by atoms with Crippen LogP contribution >= 0.6 is 31.9 Å². The fourth-order valence-electron chi connectivity index (χ4n) is 11.0. The van der Waals surface area contributed by atoms with Crippen molar-refractivity contribution in [3.8, 4) is 22.5 Å². The summed E-state index contributed by atoms with van der Waals surface area (Å²) >= 11 is 7.61. The Bertz CT molecular complexity index is 2190. The lowest BCUT2D eigenvalue weighted by Gasteiger charge is -2.26. The fraction of sp³-hybridized carbons (Fsp3) is 0.500. The monoisotopic (exact) mass is 928 g/mol. The Kier molecular flexibility index (Phi) is 14.2. The second-order valence-electron chi connectivity index (χ2n) is 20.2. The predicted octanol–water partition coefficient (Wildman–Crippen LogP) is 17.5. The summed E-state index contributed by atoms with van der Waals surface area (Å²) in [5.74, 6) is 4.80. The first kappa shape index (κ1) is 43.6. The minimum absolute atomic E-state index is 0.762. The quantitative estimate of drug-likeness (QED) is 0.0862. The molecule has 0 spiro atoms. The molecule has 0 bridgehead atoms. The molecule has 318 valence electrons. The molecule has 2 aromatic heterocycles. The van der Waals surface area contributed by atoms with E-state index in [0.717, 1.165) is 35.5 Å². The molecule has 0 saturated heterocycles. The van der Waals surface area contributed by atoms with Crippen molar-refractivity contribution in [2.45, 2.75) is 144 Å². The van der Waals surface area contributed by atoms with Crippen molar-refractivity contribution in [2.75, 3.05) is 0 Å². The Hall–Kier alpha value is -3.08. The van der Waals surface area contributed by atoms with E-state index in [2.05, 4.69) is 167 Å². The van der Waals surface area contributed by atoms with E-state index in [0.29, 0.717) is 0 Å².